The van der Waals surface area contributed by atoms with Crippen LogP contribution in [0.4, 0.5) is 0 Å². The fourth-order valence-corrected chi connectivity index (χ4v) is 2.48. The molecule has 0 saturated heterocycles. The average molecular weight is 337 g/mol. The Morgan fingerprint density at radius 3 is 2.65 bits per heavy atom. The number of hydrogen-bond donors (Lipinski definition) is 0. The van der Waals surface area contributed by atoms with Gasteiger partial charge < -0.3 is 4.74 Å². The zero-order valence-corrected chi connectivity index (χ0v) is 13.6. The van der Waals surface area contributed by atoms with Gasteiger partial charge in [-0.2, -0.15) is 5.10 Å². The van der Waals surface area contributed by atoms with Crippen molar-refractivity contribution in [3.63, 3.8) is 0 Å². The average Bonchev–Trinajstić information content (AvgIpc) is 2.62. The molecule has 0 aliphatic rings. The smallest absolute Gasteiger partial charge is 0.163 e. The van der Waals surface area contributed by atoms with E-state index in [-0.39, 0.29) is 5.78 Å². The minimum Gasteiger partial charge on any atom is -0.487 e. The van der Waals surface area contributed by atoms with Crippen LogP contribution in [0.15, 0.2) is 22.7 Å². The van der Waals surface area contributed by atoms with E-state index in [9.17, 15) is 4.79 Å². The summed E-state index contributed by atoms with van der Waals surface area (Å²) in [6, 6.07) is 5.62. The lowest BCUT2D eigenvalue weighted by atomic mass is 10.1. The zero-order valence-electron chi connectivity index (χ0n) is 12.0. The van der Waals surface area contributed by atoms with E-state index in [1.807, 2.05) is 39.1 Å². The predicted octanol–water partition coefficient (Wildman–Crippen LogP) is 3.58. The van der Waals surface area contributed by atoms with E-state index in [2.05, 4.69) is 21.0 Å². The summed E-state index contributed by atoms with van der Waals surface area (Å²) in [7, 11) is 1.87. The van der Waals surface area contributed by atoms with Gasteiger partial charge in [0.25, 0.3) is 0 Å². The van der Waals surface area contributed by atoms with Crippen LogP contribution in [0.3, 0.4) is 0 Å². The number of halogens is 1. The molecule has 5 heteroatoms. The maximum Gasteiger partial charge on any atom is 0.163 e. The Hall–Kier alpha value is -1.62. The Morgan fingerprint density at radius 1 is 1.40 bits per heavy atom. The zero-order chi connectivity index (χ0) is 14.9. The lowest BCUT2D eigenvalue weighted by Crippen LogP contribution is -2.06. The molecule has 2 rings (SSSR count). The van der Waals surface area contributed by atoms with Crippen LogP contribution in [0, 0.1) is 13.8 Å². The van der Waals surface area contributed by atoms with Gasteiger partial charge in [0.15, 0.2) is 5.78 Å². The number of ether oxygens (including phenoxy) is 1. The van der Waals surface area contributed by atoms with Crippen molar-refractivity contribution in [2.75, 3.05) is 0 Å². The number of carbonyl (C=O) groups is 1. The number of ketones is 1. The summed E-state index contributed by atoms with van der Waals surface area (Å²) in [6.07, 6.45) is 0. The normalized spacial score (nSPS) is 10.7. The highest BCUT2D eigenvalue weighted by Crippen LogP contribution is 2.25. The second kappa shape index (κ2) is 5.79. The molecule has 0 radical (unpaired) electrons. The highest BCUT2D eigenvalue weighted by molar-refractivity contribution is 9.10. The first-order chi connectivity index (χ1) is 9.40. The molecule has 1 aromatic heterocycles. The van der Waals surface area contributed by atoms with Crippen LogP contribution in [0.1, 0.15) is 34.2 Å². The SMILES string of the molecule is CC(=O)c1cc(C)ccc1OCc1c(Br)c(C)nn1C. The minimum atomic E-state index is 0.00366. The fraction of sp³-hybridized carbons (Fsp3) is 0.333. The van der Waals surface area contributed by atoms with E-state index in [1.165, 1.54) is 0 Å². The Morgan fingerprint density at radius 2 is 2.10 bits per heavy atom. The molecule has 0 unspecified atom stereocenters. The van der Waals surface area contributed by atoms with E-state index in [0.717, 1.165) is 21.4 Å². The number of rotatable bonds is 4. The molecule has 0 bridgehead atoms. The Bertz CT molecular complexity index is 662. The molecule has 0 aliphatic heterocycles. The molecule has 0 N–H and O–H groups in total. The number of benzene rings is 1. The van der Waals surface area contributed by atoms with Crippen molar-refractivity contribution in [3.8, 4) is 5.75 Å². The van der Waals surface area contributed by atoms with Gasteiger partial charge in [-0.1, -0.05) is 11.6 Å². The van der Waals surface area contributed by atoms with E-state index in [0.29, 0.717) is 17.9 Å². The third-order valence-corrected chi connectivity index (χ3v) is 4.17. The van der Waals surface area contributed by atoms with Gasteiger partial charge in [-0.3, -0.25) is 9.48 Å². The van der Waals surface area contributed by atoms with Gasteiger partial charge in [-0.25, -0.2) is 0 Å². The number of hydrogen-bond acceptors (Lipinski definition) is 3. The highest BCUT2D eigenvalue weighted by Gasteiger charge is 2.13. The first-order valence-corrected chi connectivity index (χ1v) is 7.11. The number of Topliss-reactive ketones (excluding diaryl/α,β-unsaturated/α-hetero) is 1. The van der Waals surface area contributed by atoms with E-state index in [4.69, 9.17) is 4.74 Å². The molecule has 0 spiro atoms. The summed E-state index contributed by atoms with van der Waals surface area (Å²) in [5, 5.41) is 4.32. The van der Waals surface area contributed by atoms with Crippen molar-refractivity contribution in [3.05, 3.63) is 45.2 Å². The molecule has 0 fully saturated rings. The molecule has 0 saturated carbocycles. The van der Waals surface area contributed by atoms with Gasteiger partial charge in [-0.15, -0.1) is 0 Å². The van der Waals surface area contributed by atoms with Crippen molar-refractivity contribution in [2.45, 2.75) is 27.4 Å². The number of carbonyl (C=O) groups excluding carboxylic acids is 1. The topological polar surface area (TPSA) is 44.1 Å². The lowest BCUT2D eigenvalue weighted by molar-refractivity contribution is 0.101. The van der Waals surface area contributed by atoms with Crippen LogP contribution < -0.4 is 4.74 Å². The first-order valence-electron chi connectivity index (χ1n) is 6.32. The summed E-state index contributed by atoms with van der Waals surface area (Å²) in [5.41, 5.74) is 3.51. The maximum atomic E-state index is 11.7. The van der Waals surface area contributed by atoms with E-state index >= 15 is 0 Å². The van der Waals surface area contributed by atoms with Crippen LogP contribution in [-0.2, 0) is 13.7 Å². The van der Waals surface area contributed by atoms with Crippen LogP contribution in [0.5, 0.6) is 5.75 Å². The van der Waals surface area contributed by atoms with Gasteiger partial charge in [0, 0.05) is 7.05 Å². The molecule has 0 amide bonds. The fourth-order valence-electron chi connectivity index (χ4n) is 2.03. The minimum absolute atomic E-state index is 0.00366. The largest absolute Gasteiger partial charge is 0.487 e. The molecule has 0 aliphatic carbocycles. The molecule has 1 heterocycles. The standard InChI is InChI=1S/C15H17BrN2O2/c1-9-5-6-14(12(7-9)11(3)19)20-8-13-15(16)10(2)17-18(13)4/h5-7H,8H2,1-4H3. The summed E-state index contributed by atoms with van der Waals surface area (Å²) >= 11 is 3.50. The van der Waals surface area contributed by atoms with Crippen LogP contribution in [0.25, 0.3) is 0 Å². The van der Waals surface area contributed by atoms with Crippen molar-refractivity contribution >= 4 is 21.7 Å². The highest BCUT2D eigenvalue weighted by atomic mass is 79.9. The van der Waals surface area contributed by atoms with Gasteiger partial charge >= 0.3 is 0 Å². The molecular weight excluding hydrogens is 320 g/mol. The predicted molar refractivity (Wildman–Crippen MR) is 81.2 cm³/mol. The first kappa shape index (κ1) is 14.8. The van der Waals surface area contributed by atoms with Gasteiger partial charge in [-0.05, 0) is 48.8 Å². The Kier molecular flexibility index (Phi) is 4.28. The van der Waals surface area contributed by atoms with Gasteiger partial charge in [0.1, 0.15) is 12.4 Å². The molecular formula is C15H17BrN2O2. The van der Waals surface area contributed by atoms with Crippen molar-refractivity contribution < 1.29 is 9.53 Å². The quantitative estimate of drug-likeness (QED) is 0.801. The summed E-state index contributed by atoms with van der Waals surface area (Å²) < 4.78 is 8.52. The van der Waals surface area contributed by atoms with Crippen LogP contribution in [-0.4, -0.2) is 15.6 Å². The van der Waals surface area contributed by atoms with Gasteiger partial charge in [0.2, 0.25) is 0 Å². The van der Waals surface area contributed by atoms with Crippen LogP contribution >= 0.6 is 15.9 Å². The molecule has 0 atom stereocenters. The van der Waals surface area contributed by atoms with E-state index in [1.54, 1.807) is 11.6 Å². The number of nitrogens with zero attached hydrogens (tertiary/aromatic N) is 2. The van der Waals surface area contributed by atoms with E-state index < -0.39 is 0 Å². The van der Waals surface area contributed by atoms with Crippen molar-refractivity contribution in [1.29, 1.82) is 0 Å². The van der Waals surface area contributed by atoms with Gasteiger partial charge in [0.05, 0.1) is 21.4 Å². The molecule has 106 valence electrons. The van der Waals surface area contributed by atoms with Crippen molar-refractivity contribution in [2.24, 2.45) is 7.05 Å². The molecule has 4 nitrogen and oxygen atoms in total. The Labute approximate surface area is 126 Å². The number of aryl methyl sites for hydroxylation is 3. The summed E-state index contributed by atoms with van der Waals surface area (Å²) in [6.45, 7) is 5.80. The second-order valence-electron chi connectivity index (χ2n) is 4.81. The molecule has 20 heavy (non-hydrogen) atoms. The second-order valence-corrected chi connectivity index (χ2v) is 5.61. The lowest BCUT2D eigenvalue weighted by Gasteiger charge is -2.11. The monoisotopic (exact) mass is 336 g/mol. The van der Waals surface area contributed by atoms with Crippen LogP contribution in [0.2, 0.25) is 0 Å². The third kappa shape index (κ3) is 2.93. The third-order valence-electron chi connectivity index (χ3n) is 3.14. The summed E-state index contributed by atoms with van der Waals surface area (Å²) in [4.78, 5) is 11.7. The molecule has 1 aromatic carbocycles. The summed E-state index contributed by atoms with van der Waals surface area (Å²) in [5.74, 6) is 0.609. The maximum absolute atomic E-state index is 11.7. The van der Waals surface area contributed by atoms with Crippen molar-refractivity contribution in [1.82, 2.24) is 9.78 Å². The molecule has 2 aromatic rings. The number of aromatic nitrogens is 2. The Balaban J connectivity index is 2.25.